The number of fused-ring (bicyclic) bond motifs is 2. The number of unbranched alkanes of at least 4 members (excludes halogenated alkanes) is 2. The van der Waals surface area contributed by atoms with Gasteiger partial charge in [0, 0.05) is 0 Å². The van der Waals surface area contributed by atoms with Crippen molar-refractivity contribution in [1.82, 2.24) is 0 Å². The zero-order chi connectivity index (χ0) is 26.2. The van der Waals surface area contributed by atoms with E-state index in [9.17, 15) is 0 Å². The molecule has 37 heavy (non-hydrogen) atoms. The van der Waals surface area contributed by atoms with E-state index in [0.717, 1.165) is 6.42 Å². The molecule has 5 aromatic carbocycles. The third kappa shape index (κ3) is 11.8. The average molecular weight is 669 g/mol. The number of aryl methyl sites for hydroxylation is 1. The summed E-state index contributed by atoms with van der Waals surface area (Å²) in [5.74, 6) is 0. The summed E-state index contributed by atoms with van der Waals surface area (Å²) in [6.07, 6.45) is 7.00. The molecule has 0 saturated carbocycles. The second-order valence-electron chi connectivity index (χ2n) is 9.12. The van der Waals surface area contributed by atoms with E-state index in [2.05, 4.69) is 144 Å². The molecule has 0 unspecified atom stereocenters. The first kappa shape index (κ1) is 32.9. The Morgan fingerprint density at radius 2 is 1.57 bits per heavy atom. The molecule has 0 amide bonds. The van der Waals surface area contributed by atoms with Crippen LogP contribution in [0, 0.1) is 20.3 Å². The molecule has 0 aliphatic carbocycles. The van der Waals surface area contributed by atoms with Crippen molar-refractivity contribution in [3.63, 3.8) is 0 Å². The molecular weight excluding hydrogens is 627 g/mol. The van der Waals surface area contributed by atoms with Gasteiger partial charge in [0.25, 0.3) is 0 Å². The van der Waals surface area contributed by atoms with Crippen LogP contribution in [-0.4, -0.2) is 15.0 Å². The second-order valence-corrected chi connectivity index (χ2v) is 10.3. The molecule has 0 spiro atoms. The molecule has 0 N–H and O–H groups in total. The van der Waals surface area contributed by atoms with E-state index in [1.165, 1.54) is 57.5 Å². The zero-order valence-corrected chi connectivity index (χ0v) is 28.1. The van der Waals surface area contributed by atoms with Gasteiger partial charge in [-0.05, 0) is 22.3 Å². The van der Waals surface area contributed by atoms with Gasteiger partial charge in [0.2, 0.25) is 0 Å². The van der Waals surface area contributed by atoms with Crippen LogP contribution in [-0.2, 0) is 25.8 Å². The van der Waals surface area contributed by atoms with Crippen molar-refractivity contribution in [2.45, 2.75) is 53.4 Å². The summed E-state index contributed by atoms with van der Waals surface area (Å²) in [6, 6.07) is 36.2. The minimum atomic E-state index is 0. The number of benzene rings is 3. The molecular formula is C35H42HfSi. The van der Waals surface area contributed by atoms with Crippen LogP contribution in [0.2, 0.25) is 0 Å². The van der Waals surface area contributed by atoms with Crippen LogP contribution in [0.5, 0.6) is 0 Å². The van der Waals surface area contributed by atoms with Gasteiger partial charge in [-0.1, -0.05) is 74.7 Å². The summed E-state index contributed by atoms with van der Waals surface area (Å²) in [5, 5.41) is 6.90. The van der Waals surface area contributed by atoms with Gasteiger partial charge in [0.15, 0.2) is 0 Å². The SMILES string of the molecule is C[CH-]CCC(C)=[SiH2].Cc1cc2ccccc2[cH-]1.[CH2-]CCC.[Hf+4].c1ccc(-c2cccc3[cH-]ccc23)cc1. The van der Waals surface area contributed by atoms with Gasteiger partial charge in [0.05, 0.1) is 0 Å². The van der Waals surface area contributed by atoms with E-state index in [1.807, 2.05) is 9.85 Å². The third-order valence-corrected chi connectivity index (χ3v) is 6.09. The van der Waals surface area contributed by atoms with E-state index < -0.39 is 0 Å². The summed E-state index contributed by atoms with van der Waals surface area (Å²) in [5.41, 5.74) is 3.95. The van der Waals surface area contributed by atoms with Crippen LogP contribution in [0.1, 0.15) is 52.0 Å². The Hall–Kier alpha value is -2.16. The molecule has 0 atom stereocenters. The number of hydrogen-bond donors (Lipinski definition) is 0. The topological polar surface area (TPSA) is 0 Å². The summed E-state index contributed by atoms with van der Waals surface area (Å²) < 4.78 is 0. The number of rotatable bonds is 5. The molecule has 0 saturated heterocycles. The Morgan fingerprint density at radius 1 is 0.919 bits per heavy atom. The first-order valence-electron chi connectivity index (χ1n) is 13.0. The molecule has 0 bridgehead atoms. The van der Waals surface area contributed by atoms with Crippen molar-refractivity contribution in [2.75, 3.05) is 0 Å². The average Bonchev–Trinajstić information content (AvgIpc) is 3.54. The quantitative estimate of drug-likeness (QED) is 0.129. The minimum Gasteiger partial charge on any atom is -0.343 e. The van der Waals surface area contributed by atoms with E-state index in [-0.39, 0.29) is 25.8 Å². The van der Waals surface area contributed by atoms with Crippen LogP contribution in [0.15, 0.2) is 103 Å². The van der Waals surface area contributed by atoms with Gasteiger partial charge >= 0.3 is 25.8 Å². The molecule has 0 aliphatic rings. The molecule has 0 heterocycles. The van der Waals surface area contributed by atoms with Crippen molar-refractivity contribution in [2.24, 2.45) is 0 Å². The normalized spacial score (nSPS) is 9.65. The summed E-state index contributed by atoms with van der Waals surface area (Å²) in [7, 11) is 1.99. The smallest absolute Gasteiger partial charge is 0.343 e. The molecule has 5 rings (SSSR count). The molecule has 0 fully saturated rings. The van der Waals surface area contributed by atoms with Crippen LogP contribution in [0.4, 0.5) is 0 Å². The molecule has 5 aromatic rings. The third-order valence-electron chi connectivity index (χ3n) is 5.74. The molecule has 0 aromatic heterocycles. The Morgan fingerprint density at radius 3 is 2.16 bits per heavy atom. The van der Waals surface area contributed by atoms with Gasteiger partial charge < -0.3 is 13.3 Å². The molecule has 0 nitrogen and oxygen atoms in total. The molecule has 0 aliphatic heterocycles. The van der Waals surface area contributed by atoms with Crippen LogP contribution >= 0.6 is 0 Å². The predicted octanol–water partition coefficient (Wildman–Crippen LogP) is 9.53. The van der Waals surface area contributed by atoms with E-state index in [1.54, 1.807) is 5.17 Å². The maximum absolute atomic E-state index is 3.60. The Bertz CT molecular complexity index is 1240. The maximum atomic E-state index is 3.60. The Balaban J connectivity index is 0.000000272. The first-order valence-corrected chi connectivity index (χ1v) is 13.7. The predicted molar refractivity (Wildman–Crippen MR) is 168 cm³/mol. The zero-order valence-electron chi connectivity index (χ0n) is 23.1. The van der Waals surface area contributed by atoms with Crippen molar-refractivity contribution in [1.29, 1.82) is 0 Å². The Labute approximate surface area is 247 Å². The van der Waals surface area contributed by atoms with Crippen LogP contribution in [0.3, 0.4) is 0 Å². The van der Waals surface area contributed by atoms with Crippen molar-refractivity contribution in [3.8, 4) is 11.1 Å². The van der Waals surface area contributed by atoms with Crippen molar-refractivity contribution >= 4 is 36.6 Å². The number of hydrogen-bond acceptors (Lipinski definition) is 0. The fourth-order valence-corrected chi connectivity index (χ4v) is 3.93. The van der Waals surface area contributed by atoms with Crippen molar-refractivity contribution < 1.29 is 25.8 Å². The molecule has 2 heteroatoms. The fraction of sp³-hybridized carbons (Fsp3) is 0.229. The van der Waals surface area contributed by atoms with Crippen LogP contribution < -0.4 is 0 Å². The van der Waals surface area contributed by atoms with Gasteiger partial charge in [-0.3, -0.25) is 0 Å². The minimum absolute atomic E-state index is 0. The van der Waals surface area contributed by atoms with E-state index in [0.29, 0.717) is 0 Å². The van der Waals surface area contributed by atoms with Gasteiger partial charge in [0.1, 0.15) is 0 Å². The second kappa shape index (κ2) is 19.0. The summed E-state index contributed by atoms with van der Waals surface area (Å²) in [6.45, 7) is 12.1. The van der Waals surface area contributed by atoms with Crippen molar-refractivity contribution in [3.05, 3.63) is 122 Å². The van der Waals surface area contributed by atoms with E-state index >= 15 is 0 Å². The Kier molecular flexibility index (Phi) is 16.9. The summed E-state index contributed by atoms with van der Waals surface area (Å²) in [4.78, 5) is 0. The largest absolute Gasteiger partial charge is 4.00 e. The monoisotopic (exact) mass is 670 g/mol. The maximum Gasteiger partial charge on any atom is 4.00 e. The van der Waals surface area contributed by atoms with Gasteiger partial charge in [-0.25, -0.2) is 0 Å². The van der Waals surface area contributed by atoms with Crippen LogP contribution in [0.25, 0.3) is 32.7 Å². The van der Waals surface area contributed by atoms with Gasteiger partial charge in [-0.15, -0.1) is 74.7 Å². The first-order chi connectivity index (χ1) is 17.5. The molecule has 0 radical (unpaired) electrons. The summed E-state index contributed by atoms with van der Waals surface area (Å²) >= 11 is 0. The van der Waals surface area contributed by atoms with Gasteiger partial charge in [-0.2, -0.15) is 38.0 Å². The standard InChI is InChI=1S/C15H11.C10H9.C6H13Si.C4H9.Hf/c1-2-6-12(7-3-1)14-10-4-8-13-9-5-11-15(13)14;1-8-6-9-4-2-3-5-10(9)7-8;1-3-4-5-6(2)7;1-3-4-2;/h1-11H;2-7H,1H3;3H,4-5,7H2,1-2H3;1,3-4H2,2H3;/q4*-1;+4. The molecule has 190 valence electrons. The fourth-order valence-electron chi connectivity index (χ4n) is 3.73. The van der Waals surface area contributed by atoms with E-state index in [4.69, 9.17) is 0 Å².